The quantitative estimate of drug-likeness (QED) is 0.376. The Hall–Kier alpha value is -1.57. The topological polar surface area (TPSA) is 91.5 Å². The number of halogens is 1. The van der Waals surface area contributed by atoms with E-state index in [2.05, 4.69) is 72.0 Å². The summed E-state index contributed by atoms with van der Waals surface area (Å²) < 4.78 is 34.9. The molecule has 164 valence electrons. The molecule has 0 aliphatic heterocycles. The number of aryl methyl sites for hydroxylation is 4. The Kier molecular flexibility index (Phi) is 12.7. The summed E-state index contributed by atoms with van der Waals surface area (Å²) in [6, 6.07) is 8.61. The van der Waals surface area contributed by atoms with E-state index in [0.717, 1.165) is 13.1 Å². The second kappa shape index (κ2) is 14.4. The first-order valence-corrected chi connectivity index (χ1v) is 11.6. The fourth-order valence-electron chi connectivity index (χ4n) is 3.23. The van der Waals surface area contributed by atoms with E-state index in [1.807, 2.05) is 0 Å². The molecule has 0 aliphatic carbocycles. The van der Waals surface area contributed by atoms with Crippen molar-refractivity contribution in [2.75, 3.05) is 0 Å². The Balaban J connectivity index is 0.000000749. The number of unbranched alkanes of at least 4 members (excludes halogenated alkanes) is 7. The van der Waals surface area contributed by atoms with Gasteiger partial charge < -0.3 is 0 Å². The summed E-state index contributed by atoms with van der Waals surface area (Å²) in [5.74, 6) is 0. The maximum atomic E-state index is 8.83. The fourth-order valence-corrected chi connectivity index (χ4v) is 3.23. The molecule has 7 heteroatoms. The Labute approximate surface area is 176 Å². The predicted octanol–water partition coefficient (Wildman–Crippen LogP) is 1.84. The van der Waals surface area contributed by atoms with E-state index in [1.165, 1.54) is 62.5 Å². The molecule has 0 aromatic carbocycles. The third-order valence-corrected chi connectivity index (χ3v) is 4.59. The molecule has 2 aromatic heterocycles. The van der Waals surface area contributed by atoms with Crippen LogP contribution in [0.1, 0.15) is 62.5 Å². The molecule has 0 radical (unpaired) electrons. The Morgan fingerprint density at radius 2 is 1.00 bits per heavy atom. The van der Waals surface area contributed by atoms with Crippen molar-refractivity contribution in [3.8, 4) is 0 Å². The molecule has 29 heavy (non-hydrogen) atoms. The first-order valence-electron chi connectivity index (χ1n) is 10.3. The molecule has 0 aliphatic rings. The zero-order chi connectivity index (χ0) is 21.5. The molecule has 0 spiro atoms. The van der Waals surface area contributed by atoms with Crippen LogP contribution in [0.25, 0.3) is 0 Å². The Morgan fingerprint density at radius 3 is 1.31 bits per heavy atom. The standard InChI is InChI=1S/C22H34N2.ClH3O4/c1-21-13-11-17-23(19-21)15-9-7-5-3-4-6-8-10-16-24-18-12-14-22(2)20-24;2-1(3,4)5/h11-14,17-20H,3-10,15-16H2,1-2H3;2-4H/q+2;. The van der Waals surface area contributed by atoms with Crippen molar-refractivity contribution >= 4 is 0 Å². The van der Waals surface area contributed by atoms with Crippen LogP contribution in [0.5, 0.6) is 0 Å². The van der Waals surface area contributed by atoms with Crippen molar-refractivity contribution < 1.29 is 38.0 Å². The van der Waals surface area contributed by atoms with Gasteiger partial charge in [0.25, 0.3) is 0 Å². The van der Waals surface area contributed by atoms with Crippen molar-refractivity contribution in [2.24, 2.45) is 0 Å². The summed E-state index contributed by atoms with van der Waals surface area (Å²) >= 11 is 0. The van der Waals surface area contributed by atoms with E-state index >= 15 is 0 Å². The molecular weight excluding hydrogens is 392 g/mol. The number of rotatable bonds is 11. The molecule has 0 fully saturated rings. The van der Waals surface area contributed by atoms with Crippen LogP contribution in [-0.2, 0) is 13.1 Å². The van der Waals surface area contributed by atoms with Crippen LogP contribution in [0.4, 0.5) is 0 Å². The molecule has 3 N–H and O–H groups in total. The van der Waals surface area contributed by atoms with E-state index < -0.39 is 10.2 Å². The van der Waals surface area contributed by atoms with Gasteiger partial charge in [-0.05, 0) is 38.8 Å². The van der Waals surface area contributed by atoms with Crippen molar-refractivity contribution in [3.05, 3.63) is 60.2 Å². The molecule has 0 saturated heterocycles. The Morgan fingerprint density at radius 1 is 0.690 bits per heavy atom. The SMILES string of the molecule is Cc1ccc[n+](CCCCCCCCCC[n+]2cccc(C)c2)c1.[O-][Cl+](O)(O)O. The van der Waals surface area contributed by atoms with Crippen LogP contribution < -0.4 is 13.8 Å². The average molecular weight is 429 g/mol. The molecule has 2 heterocycles. The zero-order valence-electron chi connectivity index (χ0n) is 17.7. The van der Waals surface area contributed by atoms with Crippen molar-refractivity contribution in [1.29, 1.82) is 0 Å². The number of nitrogens with zero attached hydrogens (tertiary/aromatic N) is 2. The van der Waals surface area contributed by atoms with Gasteiger partial charge in [-0.2, -0.15) is 0 Å². The van der Waals surface area contributed by atoms with Crippen LogP contribution in [0.3, 0.4) is 0 Å². The molecular formula is C22H37ClN2O4+2. The predicted molar refractivity (Wildman–Crippen MR) is 106 cm³/mol. The fraction of sp³-hybridized carbons (Fsp3) is 0.545. The van der Waals surface area contributed by atoms with Crippen molar-refractivity contribution in [3.63, 3.8) is 0 Å². The summed E-state index contributed by atoms with van der Waals surface area (Å²) in [5, 5.41) is 0. The summed E-state index contributed by atoms with van der Waals surface area (Å²) in [7, 11) is -4.19. The van der Waals surface area contributed by atoms with Gasteiger partial charge in [0, 0.05) is 36.1 Å². The van der Waals surface area contributed by atoms with Gasteiger partial charge in [0.1, 0.15) is 13.1 Å². The van der Waals surface area contributed by atoms with Gasteiger partial charge in [0.05, 0.1) is 0 Å². The minimum atomic E-state index is -4.19. The van der Waals surface area contributed by atoms with E-state index in [1.54, 1.807) is 0 Å². The summed E-state index contributed by atoms with van der Waals surface area (Å²) in [6.45, 7) is 6.65. The number of aromatic nitrogens is 2. The molecule has 0 bridgehead atoms. The van der Waals surface area contributed by atoms with Crippen LogP contribution >= 0.6 is 0 Å². The van der Waals surface area contributed by atoms with Crippen LogP contribution in [0.2, 0.25) is 0 Å². The van der Waals surface area contributed by atoms with E-state index in [-0.39, 0.29) is 0 Å². The average Bonchev–Trinajstić information content (AvgIpc) is 2.62. The van der Waals surface area contributed by atoms with Gasteiger partial charge in [-0.1, -0.05) is 25.7 Å². The Bertz CT molecular complexity index is 633. The van der Waals surface area contributed by atoms with Gasteiger partial charge in [0.15, 0.2) is 24.8 Å². The molecule has 2 aromatic rings. The normalized spacial score (nSPS) is 11.7. The number of hydrogen-bond donors (Lipinski definition) is 3. The number of pyridine rings is 2. The summed E-state index contributed by atoms with van der Waals surface area (Å²) in [6.07, 6.45) is 19.7. The van der Waals surface area contributed by atoms with Crippen LogP contribution in [0, 0.1) is 24.1 Å². The van der Waals surface area contributed by atoms with E-state index in [4.69, 9.17) is 18.6 Å². The van der Waals surface area contributed by atoms with E-state index in [9.17, 15) is 0 Å². The van der Waals surface area contributed by atoms with Gasteiger partial charge in [-0.3, -0.25) is 0 Å². The van der Waals surface area contributed by atoms with Gasteiger partial charge in [-0.15, -0.1) is 0 Å². The summed E-state index contributed by atoms with van der Waals surface area (Å²) in [4.78, 5) is 0. The third-order valence-electron chi connectivity index (χ3n) is 4.59. The molecule has 6 nitrogen and oxygen atoms in total. The van der Waals surface area contributed by atoms with Crippen LogP contribution in [0.15, 0.2) is 49.1 Å². The summed E-state index contributed by atoms with van der Waals surface area (Å²) in [5.41, 5.74) is 2.70. The monoisotopic (exact) mass is 428 g/mol. The molecule has 0 atom stereocenters. The first kappa shape index (κ1) is 25.5. The second-order valence-electron chi connectivity index (χ2n) is 7.50. The van der Waals surface area contributed by atoms with Gasteiger partial charge >= 0.3 is 28.9 Å². The molecule has 0 saturated carbocycles. The number of hydrogen-bond acceptors (Lipinski definition) is 4. The zero-order valence-corrected chi connectivity index (χ0v) is 18.5. The van der Waals surface area contributed by atoms with E-state index in [0.29, 0.717) is 0 Å². The third kappa shape index (κ3) is 16.0. The second-order valence-corrected chi connectivity index (χ2v) is 8.37. The molecule has 0 unspecified atom stereocenters. The van der Waals surface area contributed by atoms with Crippen molar-refractivity contribution in [2.45, 2.75) is 78.3 Å². The minimum absolute atomic E-state index is 1.16. The van der Waals surface area contributed by atoms with Gasteiger partial charge in [-0.25, -0.2) is 9.13 Å². The van der Waals surface area contributed by atoms with Crippen LogP contribution in [-0.4, -0.2) is 14.0 Å². The molecule has 0 amide bonds. The first-order chi connectivity index (χ1) is 13.7. The maximum absolute atomic E-state index is 8.83. The molecule has 2 rings (SSSR count). The van der Waals surface area contributed by atoms with Crippen molar-refractivity contribution in [1.82, 2.24) is 0 Å². The van der Waals surface area contributed by atoms with Gasteiger partial charge in [0.2, 0.25) is 0 Å².